The second-order valence-corrected chi connectivity index (χ2v) is 8.03. The molecule has 0 saturated carbocycles. The molecule has 0 aromatic heterocycles. The van der Waals surface area contributed by atoms with Crippen molar-refractivity contribution in [2.24, 2.45) is 5.73 Å². The van der Waals surface area contributed by atoms with Crippen LogP contribution in [0.5, 0.6) is 5.75 Å². The van der Waals surface area contributed by atoms with Crippen molar-refractivity contribution in [3.63, 3.8) is 0 Å². The highest BCUT2D eigenvalue weighted by Gasteiger charge is 2.27. The minimum Gasteiger partial charge on any atom is -0.489 e. The Hall–Kier alpha value is -2.64. The van der Waals surface area contributed by atoms with E-state index in [2.05, 4.69) is 6.92 Å². The fourth-order valence-electron chi connectivity index (χ4n) is 3.81. The average Bonchev–Trinajstić information content (AvgIpc) is 2.79. The molecule has 0 radical (unpaired) electrons. The van der Waals surface area contributed by atoms with Gasteiger partial charge < -0.3 is 24.8 Å². The van der Waals surface area contributed by atoms with Crippen LogP contribution in [0.25, 0.3) is 11.1 Å². The average molecular weight is 445 g/mol. The molecule has 1 saturated heterocycles. The SMILES string of the molecule is CCCCOC(=O)N1CCOC(Cc2ccc(OCCN)c(F)c2-c2cccc(C)c2)C1. The van der Waals surface area contributed by atoms with Crippen molar-refractivity contribution in [2.45, 2.75) is 39.2 Å². The van der Waals surface area contributed by atoms with Crippen LogP contribution < -0.4 is 10.5 Å². The lowest BCUT2D eigenvalue weighted by molar-refractivity contribution is -0.0265. The lowest BCUT2D eigenvalue weighted by Gasteiger charge is -2.32. The number of aryl methyl sites for hydroxylation is 1. The minimum atomic E-state index is -0.409. The number of carbonyl (C=O) groups is 1. The molecule has 7 heteroatoms. The Labute approximate surface area is 189 Å². The van der Waals surface area contributed by atoms with E-state index >= 15 is 4.39 Å². The highest BCUT2D eigenvalue weighted by molar-refractivity contribution is 5.71. The van der Waals surface area contributed by atoms with E-state index in [9.17, 15) is 4.79 Å². The second kappa shape index (κ2) is 11.8. The van der Waals surface area contributed by atoms with E-state index in [0.717, 1.165) is 29.5 Å². The first kappa shape index (κ1) is 24.0. The summed E-state index contributed by atoms with van der Waals surface area (Å²) in [6.45, 7) is 6.32. The van der Waals surface area contributed by atoms with Gasteiger partial charge in [-0.1, -0.05) is 49.2 Å². The molecule has 0 bridgehead atoms. The van der Waals surface area contributed by atoms with Crippen LogP contribution in [0.2, 0.25) is 0 Å². The third-order valence-electron chi connectivity index (χ3n) is 5.44. The number of unbranched alkanes of at least 4 members (excludes halogenated alkanes) is 1. The Morgan fingerprint density at radius 1 is 1.28 bits per heavy atom. The van der Waals surface area contributed by atoms with Gasteiger partial charge in [-0.05, 0) is 30.5 Å². The maximum Gasteiger partial charge on any atom is 0.409 e. The number of morpholine rings is 1. The molecule has 32 heavy (non-hydrogen) atoms. The van der Waals surface area contributed by atoms with E-state index < -0.39 is 5.82 Å². The first-order valence-corrected chi connectivity index (χ1v) is 11.3. The maximum absolute atomic E-state index is 15.5. The van der Waals surface area contributed by atoms with Crippen LogP contribution in [-0.4, -0.2) is 56.6 Å². The van der Waals surface area contributed by atoms with Gasteiger partial charge in [-0.2, -0.15) is 0 Å². The van der Waals surface area contributed by atoms with Crippen LogP contribution >= 0.6 is 0 Å². The number of carbonyl (C=O) groups excluding carboxylic acids is 1. The van der Waals surface area contributed by atoms with Gasteiger partial charge in [-0.25, -0.2) is 9.18 Å². The topological polar surface area (TPSA) is 74.0 Å². The highest BCUT2D eigenvalue weighted by Crippen LogP contribution is 2.34. The van der Waals surface area contributed by atoms with E-state index in [0.29, 0.717) is 44.8 Å². The Kier molecular flexibility index (Phi) is 8.88. The molecule has 1 fully saturated rings. The predicted molar refractivity (Wildman–Crippen MR) is 122 cm³/mol. The molecular formula is C25H33FN2O4. The number of rotatable bonds is 9. The monoisotopic (exact) mass is 444 g/mol. The number of nitrogens with two attached hydrogens (primary N) is 1. The Morgan fingerprint density at radius 2 is 2.12 bits per heavy atom. The second-order valence-electron chi connectivity index (χ2n) is 8.03. The summed E-state index contributed by atoms with van der Waals surface area (Å²) in [7, 11) is 0. The fraction of sp³-hybridized carbons (Fsp3) is 0.480. The summed E-state index contributed by atoms with van der Waals surface area (Å²) >= 11 is 0. The molecule has 6 nitrogen and oxygen atoms in total. The summed E-state index contributed by atoms with van der Waals surface area (Å²) in [5, 5.41) is 0. The van der Waals surface area contributed by atoms with Crippen molar-refractivity contribution in [2.75, 3.05) is 39.5 Å². The summed E-state index contributed by atoms with van der Waals surface area (Å²) in [5.41, 5.74) is 8.64. The fourth-order valence-corrected chi connectivity index (χ4v) is 3.81. The van der Waals surface area contributed by atoms with Gasteiger partial charge in [0.05, 0.1) is 25.9 Å². The number of halogens is 1. The minimum absolute atomic E-state index is 0.182. The third kappa shape index (κ3) is 6.20. The molecule has 1 aliphatic rings. The molecule has 0 spiro atoms. The van der Waals surface area contributed by atoms with Crippen molar-refractivity contribution < 1.29 is 23.4 Å². The molecule has 2 aromatic rings. The van der Waals surface area contributed by atoms with Crippen LogP contribution in [-0.2, 0) is 15.9 Å². The van der Waals surface area contributed by atoms with Crippen LogP contribution in [0.3, 0.4) is 0 Å². The Morgan fingerprint density at radius 3 is 2.88 bits per heavy atom. The predicted octanol–water partition coefficient (Wildman–Crippen LogP) is 4.32. The van der Waals surface area contributed by atoms with Crippen LogP contribution in [0.1, 0.15) is 30.9 Å². The number of hydrogen-bond donors (Lipinski definition) is 1. The lowest BCUT2D eigenvalue weighted by atomic mass is 9.93. The first-order chi connectivity index (χ1) is 15.5. The molecule has 0 aliphatic carbocycles. The molecule has 1 atom stereocenters. The molecule has 1 unspecified atom stereocenters. The smallest absolute Gasteiger partial charge is 0.409 e. The summed E-state index contributed by atoms with van der Waals surface area (Å²) < 4.78 is 32.3. The van der Waals surface area contributed by atoms with Gasteiger partial charge in [0.15, 0.2) is 11.6 Å². The summed E-state index contributed by atoms with van der Waals surface area (Å²) in [6, 6.07) is 11.2. The first-order valence-electron chi connectivity index (χ1n) is 11.3. The van der Waals surface area contributed by atoms with Crippen LogP contribution in [0, 0.1) is 12.7 Å². The van der Waals surface area contributed by atoms with Crippen LogP contribution in [0.4, 0.5) is 9.18 Å². The summed E-state index contributed by atoms with van der Waals surface area (Å²) in [5.74, 6) is -0.227. The third-order valence-corrected chi connectivity index (χ3v) is 5.44. The van der Waals surface area contributed by atoms with E-state index in [1.807, 2.05) is 37.3 Å². The molecule has 1 amide bonds. The molecular weight excluding hydrogens is 411 g/mol. The van der Waals surface area contributed by atoms with E-state index in [1.165, 1.54) is 0 Å². The van der Waals surface area contributed by atoms with Gasteiger partial charge in [-0.15, -0.1) is 0 Å². The molecule has 174 valence electrons. The van der Waals surface area contributed by atoms with E-state index in [1.54, 1.807) is 11.0 Å². The summed E-state index contributed by atoms with van der Waals surface area (Å²) in [6.07, 6.45) is 1.72. The molecule has 2 N–H and O–H groups in total. The zero-order valence-corrected chi connectivity index (χ0v) is 18.9. The number of benzene rings is 2. The van der Waals surface area contributed by atoms with E-state index in [-0.39, 0.29) is 24.6 Å². The van der Waals surface area contributed by atoms with Crippen molar-refractivity contribution in [3.8, 4) is 16.9 Å². The number of ether oxygens (including phenoxy) is 3. The van der Waals surface area contributed by atoms with Gasteiger partial charge in [0.25, 0.3) is 0 Å². The molecule has 1 aliphatic heterocycles. The molecule has 3 rings (SSSR count). The number of nitrogens with zero attached hydrogens (tertiary/aromatic N) is 1. The van der Waals surface area contributed by atoms with Crippen molar-refractivity contribution in [1.82, 2.24) is 4.90 Å². The Bertz CT molecular complexity index is 906. The highest BCUT2D eigenvalue weighted by atomic mass is 19.1. The lowest BCUT2D eigenvalue weighted by Crippen LogP contribution is -2.46. The molecule has 1 heterocycles. The van der Waals surface area contributed by atoms with Gasteiger partial charge in [0.2, 0.25) is 0 Å². The van der Waals surface area contributed by atoms with Gasteiger partial charge in [0.1, 0.15) is 6.61 Å². The van der Waals surface area contributed by atoms with Crippen molar-refractivity contribution >= 4 is 6.09 Å². The van der Waals surface area contributed by atoms with Crippen LogP contribution in [0.15, 0.2) is 36.4 Å². The van der Waals surface area contributed by atoms with Gasteiger partial charge >= 0.3 is 6.09 Å². The Balaban J connectivity index is 1.82. The van der Waals surface area contributed by atoms with Crippen molar-refractivity contribution in [3.05, 3.63) is 53.3 Å². The quantitative estimate of drug-likeness (QED) is 0.583. The van der Waals surface area contributed by atoms with Gasteiger partial charge in [-0.3, -0.25) is 0 Å². The number of hydrogen-bond acceptors (Lipinski definition) is 5. The van der Waals surface area contributed by atoms with E-state index in [4.69, 9.17) is 19.9 Å². The standard InChI is InChI=1S/C25H33FN2O4/c1-3-4-12-32-25(29)28-11-14-30-21(17-28)16-20-8-9-22(31-13-10-27)24(26)23(20)19-7-5-6-18(2)15-19/h5-9,15,21H,3-4,10-14,16-17,27H2,1-2H3. The zero-order chi connectivity index (χ0) is 22.9. The largest absolute Gasteiger partial charge is 0.489 e. The summed E-state index contributed by atoms with van der Waals surface area (Å²) in [4.78, 5) is 14.0. The number of amides is 1. The van der Waals surface area contributed by atoms with Gasteiger partial charge in [0, 0.05) is 25.1 Å². The maximum atomic E-state index is 15.5. The van der Waals surface area contributed by atoms with Crippen molar-refractivity contribution in [1.29, 1.82) is 0 Å². The normalized spacial score (nSPS) is 16.1. The zero-order valence-electron chi connectivity index (χ0n) is 18.9. The molecule has 2 aromatic carbocycles.